The van der Waals surface area contributed by atoms with Crippen LogP contribution in [0.2, 0.25) is 0 Å². The maximum atomic E-state index is 10.8. The predicted molar refractivity (Wildman–Crippen MR) is 71.5 cm³/mol. The predicted octanol–water partition coefficient (Wildman–Crippen LogP) is 3.75. The van der Waals surface area contributed by atoms with Gasteiger partial charge in [0, 0.05) is 16.7 Å². The summed E-state index contributed by atoms with van der Waals surface area (Å²) in [6.07, 6.45) is 5.30. The van der Waals surface area contributed by atoms with Gasteiger partial charge in [0.2, 0.25) is 0 Å². The lowest BCUT2D eigenvalue weighted by atomic mass is 10.1. The maximum Gasteiger partial charge on any atom is 0.336 e. The molecule has 0 amide bonds. The highest BCUT2D eigenvalue weighted by molar-refractivity contribution is 9.10. The second kappa shape index (κ2) is 5.54. The van der Waals surface area contributed by atoms with E-state index in [-0.39, 0.29) is 0 Å². The monoisotopic (exact) mass is 297 g/mol. The first-order chi connectivity index (χ1) is 8.16. The first-order valence-electron chi connectivity index (χ1n) is 5.93. The smallest absolute Gasteiger partial charge is 0.336 e. The largest absolute Gasteiger partial charge is 0.478 e. The number of benzene rings is 1. The van der Waals surface area contributed by atoms with E-state index in [0.717, 1.165) is 18.2 Å². The molecule has 1 aromatic rings. The molecule has 1 aliphatic rings. The van der Waals surface area contributed by atoms with Crippen molar-refractivity contribution in [1.82, 2.24) is 0 Å². The van der Waals surface area contributed by atoms with E-state index >= 15 is 0 Å². The minimum Gasteiger partial charge on any atom is -0.478 e. The number of anilines is 1. The summed E-state index contributed by atoms with van der Waals surface area (Å²) in [4.78, 5) is 10.8. The minimum atomic E-state index is -0.904. The molecule has 3 nitrogen and oxygen atoms in total. The molecule has 0 heterocycles. The Morgan fingerprint density at radius 3 is 2.71 bits per heavy atom. The standard InChI is InChI=1S/C13H16BrNO2/c14-12-7-10(5-6-11(12)13(16)17)15-8-9-3-1-2-4-9/h5-7,9,15H,1-4,8H2,(H,16,17). The third-order valence-corrected chi connectivity index (χ3v) is 3.93. The molecule has 4 heteroatoms. The molecule has 0 saturated heterocycles. The van der Waals surface area contributed by atoms with E-state index in [4.69, 9.17) is 5.11 Å². The number of hydrogen-bond acceptors (Lipinski definition) is 2. The second-order valence-electron chi connectivity index (χ2n) is 4.53. The van der Waals surface area contributed by atoms with Crippen molar-refractivity contribution in [2.45, 2.75) is 25.7 Å². The lowest BCUT2D eigenvalue weighted by Crippen LogP contribution is -2.11. The fraction of sp³-hybridized carbons (Fsp3) is 0.462. The van der Waals surface area contributed by atoms with Crippen LogP contribution in [-0.2, 0) is 0 Å². The Hall–Kier alpha value is -1.03. The van der Waals surface area contributed by atoms with Gasteiger partial charge in [-0.15, -0.1) is 0 Å². The van der Waals surface area contributed by atoms with Crippen LogP contribution in [0.15, 0.2) is 22.7 Å². The molecule has 92 valence electrons. The van der Waals surface area contributed by atoms with Crippen molar-refractivity contribution in [3.63, 3.8) is 0 Å². The van der Waals surface area contributed by atoms with Crippen LogP contribution >= 0.6 is 15.9 Å². The number of rotatable bonds is 4. The van der Waals surface area contributed by atoms with E-state index in [0.29, 0.717) is 10.0 Å². The Balaban J connectivity index is 1.97. The van der Waals surface area contributed by atoms with Crippen molar-refractivity contribution in [3.05, 3.63) is 28.2 Å². The first-order valence-corrected chi connectivity index (χ1v) is 6.73. The summed E-state index contributed by atoms with van der Waals surface area (Å²) >= 11 is 3.28. The average molecular weight is 298 g/mol. The summed E-state index contributed by atoms with van der Waals surface area (Å²) in [5.74, 6) is -0.132. The highest BCUT2D eigenvalue weighted by atomic mass is 79.9. The molecule has 0 radical (unpaired) electrons. The van der Waals surface area contributed by atoms with Crippen molar-refractivity contribution in [1.29, 1.82) is 0 Å². The summed E-state index contributed by atoms with van der Waals surface area (Å²) in [6, 6.07) is 5.28. The van der Waals surface area contributed by atoms with E-state index in [2.05, 4.69) is 21.2 Å². The van der Waals surface area contributed by atoms with Gasteiger partial charge in [-0.3, -0.25) is 0 Å². The number of carboxylic acids is 1. The van der Waals surface area contributed by atoms with Crippen molar-refractivity contribution < 1.29 is 9.90 Å². The molecule has 0 aliphatic heterocycles. The minimum absolute atomic E-state index is 0.302. The quantitative estimate of drug-likeness (QED) is 0.890. The lowest BCUT2D eigenvalue weighted by molar-refractivity contribution is 0.0696. The number of aromatic carboxylic acids is 1. The topological polar surface area (TPSA) is 49.3 Å². The number of carboxylic acid groups (broad SMARTS) is 1. The summed E-state index contributed by atoms with van der Waals surface area (Å²) < 4.78 is 0.626. The number of carbonyl (C=O) groups is 1. The van der Waals surface area contributed by atoms with Crippen LogP contribution in [0.25, 0.3) is 0 Å². The molecular formula is C13H16BrNO2. The normalized spacial score (nSPS) is 16.1. The molecule has 1 aromatic carbocycles. The van der Waals surface area contributed by atoms with Crippen LogP contribution in [0, 0.1) is 5.92 Å². The summed E-state index contributed by atoms with van der Waals surface area (Å²) in [5.41, 5.74) is 1.28. The van der Waals surface area contributed by atoms with Crippen molar-refractivity contribution in [2.75, 3.05) is 11.9 Å². The molecular weight excluding hydrogens is 282 g/mol. The van der Waals surface area contributed by atoms with Gasteiger partial charge in [0.15, 0.2) is 0 Å². The Morgan fingerprint density at radius 2 is 2.12 bits per heavy atom. The molecule has 0 atom stereocenters. The summed E-state index contributed by atoms with van der Waals surface area (Å²) in [6.45, 7) is 0.985. The summed E-state index contributed by atoms with van der Waals surface area (Å²) in [5, 5.41) is 12.3. The summed E-state index contributed by atoms with van der Waals surface area (Å²) in [7, 11) is 0. The van der Waals surface area contributed by atoms with Crippen LogP contribution < -0.4 is 5.32 Å². The van der Waals surface area contributed by atoms with Gasteiger partial charge >= 0.3 is 5.97 Å². The number of hydrogen-bond donors (Lipinski definition) is 2. The van der Waals surface area contributed by atoms with Crippen LogP contribution in [0.5, 0.6) is 0 Å². The van der Waals surface area contributed by atoms with Crippen LogP contribution in [0.4, 0.5) is 5.69 Å². The van der Waals surface area contributed by atoms with Gasteiger partial charge in [-0.05, 0) is 52.9 Å². The Morgan fingerprint density at radius 1 is 1.41 bits per heavy atom. The fourth-order valence-electron chi connectivity index (χ4n) is 2.28. The molecule has 1 saturated carbocycles. The average Bonchev–Trinajstić information content (AvgIpc) is 2.78. The van der Waals surface area contributed by atoms with Gasteiger partial charge < -0.3 is 10.4 Å². The lowest BCUT2D eigenvalue weighted by Gasteiger charge is -2.12. The van der Waals surface area contributed by atoms with Gasteiger partial charge in [-0.1, -0.05) is 12.8 Å². The van der Waals surface area contributed by atoms with Gasteiger partial charge in [0.1, 0.15) is 0 Å². The fourth-order valence-corrected chi connectivity index (χ4v) is 2.82. The van der Waals surface area contributed by atoms with E-state index in [1.165, 1.54) is 25.7 Å². The highest BCUT2D eigenvalue weighted by Gasteiger charge is 2.14. The maximum absolute atomic E-state index is 10.8. The van der Waals surface area contributed by atoms with E-state index < -0.39 is 5.97 Å². The van der Waals surface area contributed by atoms with Crippen molar-refractivity contribution in [2.24, 2.45) is 5.92 Å². The van der Waals surface area contributed by atoms with Crippen LogP contribution in [-0.4, -0.2) is 17.6 Å². The molecule has 2 N–H and O–H groups in total. The van der Waals surface area contributed by atoms with Crippen LogP contribution in [0.1, 0.15) is 36.0 Å². The van der Waals surface area contributed by atoms with Crippen molar-refractivity contribution in [3.8, 4) is 0 Å². The Bertz CT molecular complexity index is 414. The van der Waals surface area contributed by atoms with E-state index in [9.17, 15) is 4.79 Å². The number of halogens is 1. The van der Waals surface area contributed by atoms with Gasteiger partial charge in [-0.2, -0.15) is 0 Å². The Kier molecular flexibility index (Phi) is 4.05. The third kappa shape index (κ3) is 3.22. The zero-order valence-corrected chi connectivity index (χ0v) is 11.2. The zero-order chi connectivity index (χ0) is 12.3. The molecule has 0 aromatic heterocycles. The van der Waals surface area contributed by atoms with Gasteiger partial charge in [-0.25, -0.2) is 4.79 Å². The zero-order valence-electron chi connectivity index (χ0n) is 9.58. The van der Waals surface area contributed by atoms with Gasteiger partial charge in [0.25, 0.3) is 0 Å². The van der Waals surface area contributed by atoms with E-state index in [1.54, 1.807) is 6.07 Å². The molecule has 0 spiro atoms. The number of nitrogens with one attached hydrogen (secondary N) is 1. The molecule has 0 bridgehead atoms. The van der Waals surface area contributed by atoms with Crippen LogP contribution in [0.3, 0.4) is 0 Å². The van der Waals surface area contributed by atoms with Gasteiger partial charge in [0.05, 0.1) is 5.56 Å². The van der Waals surface area contributed by atoms with E-state index in [1.807, 2.05) is 12.1 Å². The molecule has 17 heavy (non-hydrogen) atoms. The first kappa shape index (κ1) is 12.4. The van der Waals surface area contributed by atoms with Crippen molar-refractivity contribution >= 4 is 27.6 Å². The highest BCUT2D eigenvalue weighted by Crippen LogP contribution is 2.26. The SMILES string of the molecule is O=C(O)c1ccc(NCC2CCCC2)cc1Br. The molecule has 0 unspecified atom stereocenters. The molecule has 2 rings (SSSR count). The second-order valence-corrected chi connectivity index (χ2v) is 5.39. The molecule has 1 fully saturated rings. The Labute approximate surface area is 109 Å². The molecule has 1 aliphatic carbocycles. The third-order valence-electron chi connectivity index (χ3n) is 3.27.